The molecule has 19 heavy (non-hydrogen) atoms. The number of carbonyl (C=O) groups is 1. The van der Waals surface area contributed by atoms with Gasteiger partial charge >= 0.3 is 0 Å². The Bertz CT molecular complexity index is 620. The van der Waals surface area contributed by atoms with Gasteiger partial charge in [-0.1, -0.05) is 17.7 Å². The predicted molar refractivity (Wildman–Crippen MR) is 76.3 cm³/mol. The van der Waals surface area contributed by atoms with Crippen molar-refractivity contribution < 1.29 is 4.79 Å². The van der Waals surface area contributed by atoms with E-state index in [1.807, 2.05) is 32.9 Å². The normalized spacial score (nSPS) is 10.5. The van der Waals surface area contributed by atoms with Crippen LogP contribution in [-0.2, 0) is 0 Å². The Morgan fingerprint density at radius 1 is 1.21 bits per heavy atom. The number of H-pyrrole nitrogens is 1. The molecule has 0 spiro atoms. The minimum Gasteiger partial charge on any atom is -0.395 e. The van der Waals surface area contributed by atoms with Crippen LogP contribution < -0.4 is 11.1 Å². The molecule has 5 heteroatoms. The van der Waals surface area contributed by atoms with Crippen LogP contribution in [0.25, 0.3) is 0 Å². The summed E-state index contributed by atoms with van der Waals surface area (Å²) in [5, 5.41) is 9.51. The van der Waals surface area contributed by atoms with Crippen molar-refractivity contribution in [2.75, 3.05) is 11.1 Å². The summed E-state index contributed by atoms with van der Waals surface area (Å²) in [6, 6.07) is 4.06. The molecule has 2 rings (SSSR count). The molecule has 0 saturated heterocycles. The van der Waals surface area contributed by atoms with E-state index in [4.69, 9.17) is 5.73 Å². The molecule has 0 bridgehead atoms. The molecule has 0 atom stereocenters. The van der Waals surface area contributed by atoms with Crippen molar-refractivity contribution in [2.45, 2.75) is 27.7 Å². The molecular formula is C14H18N4O. The quantitative estimate of drug-likeness (QED) is 0.773. The second-order valence-corrected chi connectivity index (χ2v) is 4.84. The Morgan fingerprint density at radius 2 is 1.79 bits per heavy atom. The van der Waals surface area contributed by atoms with Gasteiger partial charge in [0, 0.05) is 5.69 Å². The van der Waals surface area contributed by atoms with Crippen LogP contribution in [0.2, 0.25) is 0 Å². The fourth-order valence-corrected chi connectivity index (χ4v) is 2.16. The van der Waals surface area contributed by atoms with Gasteiger partial charge in [0.25, 0.3) is 5.91 Å². The number of aromatic nitrogens is 2. The number of anilines is 2. The minimum absolute atomic E-state index is 0.233. The van der Waals surface area contributed by atoms with E-state index in [0.717, 1.165) is 16.8 Å². The van der Waals surface area contributed by atoms with Gasteiger partial charge in [0.15, 0.2) is 5.69 Å². The van der Waals surface area contributed by atoms with Crippen LogP contribution >= 0.6 is 0 Å². The van der Waals surface area contributed by atoms with E-state index in [1.165, 1.54) is 5.56 Å². The highest BCUT2D eigenvalue weighted by Crippen LogP contribution is 2.23. The standard InChI is InChI=1S/C14H18N4O/c1-7-5-8(2)12(9(3)6-7)16-14(19)13-11(15)10(4)17-18-13/h5-6H,15H2,1-4H3,(H,16,19)(H,17,18). The summed E-state index contributed by atoms with van der Waals surface area (Å²) >= 11 is 0. The average Bonchev–Trinajstić information content (AvgIpc) is 2.64. The summed E-state index contributed by atoms with van der Waals surface area (Å²) in [6.07, 6.45) is 0. The number of nitrogens with one attached hydrogen (secondary N) is 2. The molecule has 100 valence electrons. The molecule has 1 heterocycles. The lowest BCUT2D eigenvalue weighted by Crippen LogP contribution is -2.16. The second kappa shape index (κ2) is 4.76. The zero-order chi connectivity index (χ0) is 14.2. The van der Waals surface area contributed by atoms with E-state index >= 15 is 0 Å². The summed E-state index contributed by atoms with van der Waals surface area (Å²) in [4.78, 5) is 12.2. The van der Waals surface area contributed by atoms with Crippen molar-refractivity contribution in [3.63, 3.8) is 0 Å². The molecule has 1 aromatic carbocycles. The SMILES string of the molecule is Cc1cc(C)c(NC(=O)c2n[nH]c(C)c2N)c(C)c1. The number of nitrogens with two attached hydrogens (primary N) is 1. The molecule has 0 aliphatic heterocycles. The molecular weight excluding hydrogens is 240 g/mol. The van der Waals surface area contributed by atoms with Crippen LogP contribution in [0.15, 0.2) is 12.1 Å². The summed E-state index contributed by atoms with van der Waals surface area (Å²) < 4.78 is 0. The van der Waals surface area contributed by atoms with Gasteiger partial charge in [0.1, 0.15) is 0 Å². The third kappa shape index (κ3) is 2.45. The van der Waals surface area contributed by atoms with Crippen LogP contribution in [0.3, 0.4) is 0 Å². The lowest BCUT2D eigenvalue weighted by molar-refractivity contribution is 0.102. The summed E-state index contributed by atoms with van der Waals surface area (Å²) in [5.74, 6) is -0.295. The molecule has 1 amide bonds. The first-order valence-electron chi connectivity index (χ1n) is 6.09. The molecule has 0 saturated carbocycles. The third-order valence-electron chi connectivity index (χ3n) is 3.13. The zero-order valence-corrected chi connectivity index (χ0v) is 11.6. The molecule has 1 aromatic heterocycles. The topological polar surface area (TPSA) is 83.8 Å². The molecule has 4 N–H and O–H groups in total. The molecule has 0 fully saturated rings. The van der Waals surface area contributed by atoms with Gasteiger partial charge in [-0.3, -0.25) is 9.89 Å². The molecule has 5 nitrogen and oxygen atoms in total. The van der Waals surface area contributed by atoms with Gasteiger partial charge in [-0.2, -0.15) is 5.10 Å². The van der Waals surface area contributed by atoms with Crippen molar-refractivity contribution in [1.29, 1.82) is 0 Å². The number of hydrogen-bond donors (Lipinski definition) is 3. The van der Waals surface area contributed by atoms with E-state index in [1.54, 1.807) is 6.92 Å². The average molecular weight is 258 g/mol. The Kier molecular flexibility index (Phi) is 3.29. The number of hydrogen-bond acceptors (Lipinski definition) is 3. The van der Waals surface area contributed by atoms with E-state index in [9.17, 15) is 4.79 Å². The van der Waals surface area contributed by atoms with Crippen molar-refractivity contribution in [2.24, 2.45) is 0 Å². The van der Waals surface area contributed by atoms with Gasteiger partial charge in [-0.15, -0.1) is 0 Å². The van der Waals surface area contributed by atoms with Crippen molar-refractivity contribution in [3.8, 4) is 0 Å². The van der Waals surface area contributed by atoms with Gasteiger partial charge in [-0.25, -0.2) is 0 Å². The highest BCUT2D eigenvalue weighted by atomic mass is 16.2. The number of aryl methyl sites for hydroxylation is 4. The smallest absolute Gasteiger partial charge is 0.278 e. The molecule has 2 aromatic rings. The lowest BCUT2D eigenvalue weighted by Gasteiger charge is -2.12. The highest BCUT2D eigenvalue weighted by Gasteiger charge is 2.17. The van der Waals surface area contributed by atoms with Crippen molar-refractivity contribution in [1.82, 2.24) is 10.2 Å². The largest absolute Gasteiger partial charge is 0.395 e. The number of benzene rings is 1. The summed E-state index contributed by atoms with van der Waals surface area (Å²) in [5.41, 5.74) is 11.2. The Morgan fingerprint density at radius 3 is 2.26 bits per heavy atom. The van der Waals surface area contributed by atoms with Crippen LogP contribution in [0, 0.1) is 27.7 Å². The molecule has 0 radical (unpaired) electrons. The van der Waals surface area contributed by atoms with Gasteiger partial charge < -0.3 is 11.1 Å². The van der Waals surface area contributed by atoms with E-state index in [0.29, 0.717) is 11.4 Å². The zero-order valence-electron chi connectivity index (χ0n) is 11.6. The highest BCUT2D eigenvalue weighted by molar-refractivity contribution is 6.07. The van der Waals surface area contributed by atoms with E-state index in [2.05, 4.69) is 15.5 Å². The summed E-state index contributed by atoms with van der Waals surface area (Å²) in [6.45, 7) is 7.74. The molecule has 0 unspecified atom stereocenters. The first kappa shape index (κ1) is 13.1. The summed E-state index contributed by atoms with van der Waals surface area (Å²) in [7, 11) is 0. The Labute approximate surface area is 112 Å². The van der Waals surface area contributed by atoms with Crippen LogP contribution in [0.1, 0.15) is 32.9 Å². The fourth-order valence-electron chi connectivity index (χ4n) is 2.16. The van der Waals surface area contributed by atoms with Gasteiger partial charge in [-0.05, 0) is 38.8 Å². The first-order valence-corrected chi connectivity index (χ1v) is 6.09. The maximum absolute atomic E-state index is 12.2. The van der Waals surface area contributed by atoms with Gasteiger partial charge in [0.2, 0.25) is 0 Å². The van der Waals surface area contributed by atoms with E-state index in [-0.39, 0.29) is 11.6 Å². The number of amides is 1. The van der Waals surface area contributed by atoms with Crippen LogP contribution in [-0.4, -0.2) is 16.1 Å². The number of rotatable bonds is 2. The maximum atomic E-state index is 12.2. The Balaban J connectivity index is 2.32. The van der Waals surface area contributed by atoms with Crippen LogP contribution in [0.5, 0.6) is 0 Å². The van der Waals surface area contributed by atoms with E-state index < -0.39 is 0 Å². The Hall–Kier alpha value is -2.30. The first-order chi connectivity index (χ1) is 8.90. The monoisotopic (exact) mass is 258 g/mol. The van der Waals surface area contributed by atoms with Gasteiger partial charge in [0.05, 0.1) is 11.4 Å². The molecule has 0 aliphatic carbocycles. The second-order valence-electron chi connectivity index (χ2n) is 4.84. The predicted octanol–water partition coefficient (Wildman–Crippen LogP) is 2.48. The minimum atomic E-state index is -0.295. The number of nitrogens with zero attached hydrogens (tertiary/aromatic N) is 1. The lowest BCUT2D eigenvalue weighted by atomic mass is 10.0. The van der Waals surface area contributed by atoms with Crippen LogP contribution in [0.4, 0.5) is 11.4 Å². The maximum Gasteiger partial charge on any atom is 0.278 e. The number of carbonyl (C=O) groups excluding carboxylic acids is 1. The third-order valence-corrected chi connectivity index (χ3v) is 3.13. The van der Waals surface area contributed by atoms with Crippen molar-refractivity contribution >= 4 is 17.3 Å². The van der Waals surface area contributed by atoms with Crippen molar-refractivity contribution in [3.05, 3.63) is 40.2 Å². The fraction of sp³-hybridized carbons (Fsp3) is 0.286. The number of nitrogen functional groups attached to an aromatic ring is 1. The number of aromatic amines is 1. The molecule has 0 aliphatic rings.